The Hall–Kier alpha value is -1.46. The van der Waals surface area contributed by atoms with Gasteiger partial charge in [0.2, 0.25) is 0 Å². The molecule has 5 nitrogen and oxygen atoms in total. The zero-order valence-corrected chi connectivity index (χ0v) is 11.0. The average molecular weight is 251 g/mol. The van der Waals surface area contributed by atoms with Gasteiger partial charge >= 0.3 is 0 Å². The van der Waals surface area contributed by atoms with E-state index in [1.165, 1.54) is 0 Å². The summed E-state index contributed by atoms with van der Waals surface area (Å²) in [5, 5.41) is 11.7. The van der Waals surface area contributed by atoms with Crippen molar-refractivity contribution < 1.29 is 9.90 Å². The van der Waals surface area contributed by atoms with Crippen LogP contribution in [0.4, 0.5) is 0 Å². The van der Waals surface area contributed by atoms with Gasteiger partial charge in [0.1, 0.15) is 0 Å². The maximum Gasteiger partial charge on any atom is 0.251 e. The minimum Gasteiger partial charge on any atom is -0.396 e. The Morgan fingerprint density at radius 2 is 2.28 bits per heavy atom. The number of carbonyl (C=O) groups excluding carboxylic acids is 1. The second kappa shape index (κ2) is 7.79. The summed E-state index contributed by atoms with van der Waals surface area (Å²) in [6.07, 6.45) is 2.99. The van der Waals surface area contributed by atoms with E-state index in [1.807, 2.05) is 14.1 Å². The third-order valence-electron chi connectivity index (χ3n) is 2.51. The Balaban J connectivity index is 2.43. The number of aliphatic hydroxyl groups excluding tert-OH is 1. The zero-order valence-electron chi connectivity index (χ0n) is 11.0. The molecule has 0 radical (unpaired) electrons. The summed E-state index contributed by atoms with van der Waals surface area (Å²) in [5.41, 5.74) is 1.33. The van der Waals surface area contributed by atoms with E-state index in [0.29, 0.717) is 18.5 Å². The number of amides is 1. The van der Waals surface area contributed by atoms with Gasteiger partial charge in [-0.1, -0.05) is 0 Å². The van der Waals surface area contributed by atoms with Crippen molar-refractivity contribution in [1.29, 1.82) is 0 Å². The summed E-state index contributed by atoms with van der Waals surface area (Å²) in [5.74, 6) is -0.0876. The van der Waals surface area contributed by atoms with Crippen molar-refractivity contribution in [3.63, 3.8) is 0 Å². The van der Waals surface area contributed by atoms with Crippen LogP contribution in [0.25, 0.3) is 0 Å². The van der Waals surface area contributed by atoms with Gasteiger partial charge in [-0.2, -0.15) is 0 Å². The number of hydrogen-bond acceptors (Lipinski definition) is 4. The molecule has 1 rings (SSSR count). The molecule has 0 fully saturated rings. The minimum atomic E-state index is -0.0876. The Morgan fingerprint density at radius 1 is 1.50 bits per heavy atom. The molecule has 5 heteroatoms. The smallest absolute Gasteiger partial charge is 0.251 e. The van der Waals surface area contributed by atoms with Crippen LogP contribution in [0.5, 0.6) is 0 Å². The molecule has 0 saturated carbocycles. The Labute approximate surface area is 108 Å². The molecule has 0 spiro atoms. The van der Waals surface area contributed by atoms with Crippen molar-refractivity contribution in [2.45, 2.75) is 12.8 Å². The van der Waals surface area contributed by atoms with Gasteiger partial charge in [-0.15, -0.1) is 0 Å². The summed E-state index contributed by atoms with van der Waals surface area (Å²) in [6, 6.07) is 3.40. The first kappa shape index (κ1) is 14.6. The Kier molecular flexibility index (Phi) is 6.32. The van der Waals surface area contributed by atoms with E-state index in [-0.39, 0.29) is 12.5 Å². The lowest BCUT2D eigenvalue weighted by Gasteiger charge is -2.10. The molecule has 100 valence electrons. The third-order valence-corrected chi connectivity index (χ3v) is 2.51. The van der Waals surface area contributed by atoms with Gasteiger partial charge in [0, 0.05) is 37.0 Å². The van der Waals surface area contributed by atoms with Crippen LogP contribution in [0.1, 0.15) is 22.5 Å². The van der Waals surface area contributed by atoms with Crippen molar-refractivity contribution in [3.8, 4) is 0 Å². The number of nitrogens with zero attached hydrogens (tertiary/aromatic N) is 2. The van der Waals surface area contributed by atoms with Crippen molar-refractivity contribution >= 4 is 5.91 Å². The molecule has 18 heavy (non-hydrogen) atoms. The van der Waals surface area contributed by atoms with E-state index in [4.69, 9.17) is 5.11 Å². The zero-order chi connectivity index (χ0) is 13.4. The van der Waals surface area contributed by atoms with Gasteiger partial charge in [0.15, 0.2) is 0 Å². The first-order valence-corrected chi connectivity index (χ1v) is 6.12. The van der Waals surface area contributed by atoms with Gasteiger partial charge < -0.3 is 15.3 Å². The van der Waals surface area contributed by atoms with Crippen molar-refractivity contribution in [1.82, 2.24) is 15.2 Å². The standard InChI is InChI=1S/C13H21N3O2/c1-16(2)8-3-6-15-13(18)11-4-7-14-12(10-11)5-9-17/h4,7,10,17H,3,5-6,8-9H2,1-2H3,(H,15,18). The fraction of sp³-hybridized carbons (Fsp3) is 0.538. The highest BCUT2D eigenvalue weighted by atomic mass is 16.3. The normalized spacial score (nSPS) is 10.7. The van der Waals surface area contributed by atoms with Crippen LogP contribution in [0, 0.1) is 0 Å². The number of nitrogens with one attached hydrogen (secondary N) is 1. The van der Waals surface area contributed by atoms with E-state index >= 15 is 0 Å². The summed E-state index contributed by atoms with van der Waals surface area (Å²) in [4.78, 5) is 18.0. The average Bonchev–Trinajstić information content (AvgIpc) is 2.35. The van der Waals surface area contributed by atoms with Crippen molar-refractivity contribution in [2.24, 2.45) is 0 Å². The number of rotatable bonds is 7. The van der Waals surface area contributed by atoms with Crippen LogP contribution in [-0.2, 0) is 6.42 Å². The van der Waals surface area contributed by atoms with Gasteiger partial charge in [-0.05, 0) is 39.2 Å². The molecule has 1 aromatic heterocycles. The summed E-state index contributed by atoms with van der Waals surface area (Å²) in [6.45, 7) is 1.65. The summed E-state index contributed by atoms with van der Waals surface area (Å²) in [7, 11) is 4.01. The van der Waals surface area contributed by atoms with Crippen LogP contribution in [0.3, 0.4) is 0 Å². The van der Waals surface area contributed by atoms with Gasteiger partial charge in [0.05, 0.1) is 0 Å². The molecule has 0 aliphatic rings. The Bertz CT molecular complexity index is 380. The number of aromatic nitrogens is 1. The fourth-order valence-corrected chi connectivity index (χ4v) is 1.57. The monoisotopic (exact) mass is 251 g/mol. The molecule has 0 bridgehead atoms. The van der Waals surface area contributed by atoms with Crippen molar-refractivity contribution in [2.75, 3.05) is 33.8 Å². The van der Waals surface area contributed by atoms with Crippen molar-refractivity contribution in [3.05, 3.63) is 29.6 Å². The van der Waals surface area contributed by atoms with Gasteiger partial charge in [0.25, 0.3) is 5.91 Å². The third kappa shape index (κ3) is 5.25. The van der Waals surface area contributed by atoms with Crippen LogP contribution in [0.2, 0.25) is 0 Å². The topological polar surface area (TPSA) is 65.5 Å². The van der Waals surface area contributed by atoms with Gasteiger partial charge in [-0.3, -0.25) is 9.78 Å². The van der Waals surface area contributed by atoms with E-state index < -0.39 is 0 Å². The predicted octanol–water partition coefficient (Wildman–Crippen LogP) is 0.298. The molecule has 0 aliphatic carbocycles. The fourth-order valence-electron chi connectivity index (χ4n) is 1.57. The number of carbonyl (C=O) groups is 1. The highest BCUT2D eigenvalue weighted by Gasteiger charge is 2.06. The largest absolute Gasteiger partial charge is 0.396 e. The van der Waals surface area contributed by atoms with E-state index in [9.17, 15) is 4.79 Å². The number of pyridine rings is 1. The van der Waals surface area contributed by atoms with E-state index in [2.05, 4.69) is 15.2 Å². The molecule has 1 aromatic rings. The maximum absolute atomic E-state index is 11.8. The summed E-state index contributed by atoms with van der Waals surface area (Å²) >= 11 is 0. The number of aliphatic hydroxyl groups is 1. The quantitative estimate of drug-likeness (QED) is 0.684. The molecule has 0 saturated heterocycles. The van der Waals surface area contributed by atoms with Gasteiger partial charge in [-0.25, -0.2) is 0 Å². The van der Waals surface area contributed by atoms with E-state index in [1.54, 1.807) is 18.3 Å². The predicted molar refractivity (Wildman–Crippen MR) is 70.5 cm³/mol. The molecular formula is C13H21N3O2. The van der Waals surface area contributed by atoms with Crippen LogP contribution in [-0.4, -0.2) is 54.7 Å². The lowest BCUT2D eigenvalue weighted by Crippen LogP contribution is -2.27. The van der Waals surface area contributed by atoms with Crippen LogP contribution >= 0.6 is 0 Å². The molecule has 0 atom stereocenters. The molecule has 0 aromatic carbocycles. The second-order valence-electron chi connectivity index (χ2n) is 4.42. The minimum absolute atomic E-state index is 0.0426. The molecule has 0 aliphatic heterocycles. The van der Waals surface area contributed by atoms with Crippen LogP contribution < -0.4 is 5.32 Å². The molecular weight excluding hydrogens is 230 g/mol. The maximum atomic E-state index is 11.8. The summed E-state index contributed by atoms with van der Waals surface area (Å²) < 4.78 is 0. The Morgan fingerprint density at radius 3 is 2.94 bits per heavy atom. The first-order chi connectivity index (χ1) is 8.63. The molecule has 1 heterocycles. The number of hydrogen-bond donors (Lipinski definition) is 2. The molecule has 0 unspecified atom stereocenters. The lowest BCUT2D eigenvalue weighted by atomic mass is 10.2. The molecule has 1 amide bonds. The highest BCUT2D eigenvalue weighted by molar-refractivity contribution is 5.94. The first-order valence-electron chi connectivity index (χ1n) is 6.12. The van der Waals surface area contributed by atoms with E-state index in [0.717, 1.165) is 18.7 Å². The van der Waals surface area contributed by atoms with Crippen LogP contribution in [0.15, 0.2) is 18.3 Å². The lowest BCUT2D eigenvalue weighted by molar-refractivity contribution is 0.0952. The second-order valence-corrected chi connectivity index (χ2v) is 4.42. The molecule has 2 N–H and O–H groups in total. The highest BCUT2D eigenvalue weighted by Crippen LogP contribution is 2.02. The SMILES string of the molecule is CN(C)CCCNC(=O)c1ccnc(CCO)c1.